The Morgan fingerprint density at radius 1 is 1.06 bits per heavy atom. The van der Waals surface area contributed by atoms with Gasteiger partial charge in [0.15, 0.2) is 6.23 Å². The van der Waals surface area contributed by atoms with Crippen molar-refractivity contribution in [2.75, 3.05) is 6.61 Å². The SMILES string of the molecule is Cc1ccc(S(=O)(=O)N2[C@H](C(=O)c3ccccc3)OC[C@]34CC[C@H](C[C@@H]23)C4(C)C)cc1. The molecule has 1 heterocycles. The average molecular weight is 440 g/mol. The molecule has 6 heteroatoms. The van der Waals surface area contributed by atoms with Crippen LogP contribution in [0.4, 0.5) is 0 Å². The van der Waals surface area contributed by atoms with Crippen molar-refractivity contribution in [2.45, 2.75) is 57.2 Å². The molecule has 2 aliphatic carbocycles. The van der Waals surface area contributed by atoms with Crippen molar-refractivity contribution in [1.29, 1.82) is 0 Å². The highest BCUT2D eigenvalue weighted by molar-refractivity contribution is 7.89. The molecule has 0 amide bonds. The molecule has 0 aromatic heterocycles. The van der Waals surface area contributed by atoms with Crippen LogP contribution in [-0.4, -0.2) is 37.4 Å². The van der Waals surface area contributed by atoms with Crippen molar-refractivity contribution in [2.24, 2.45) is 16.7 Å². The van der Waals surface area contributed by atoms with Gasteiger partial charge in [-0.2, -0.15) is 4.31 Å². The Morgan fingerprint density at radius 2 is 1.74 bits per heavy atom. The highest BCUT2D eigenvalue weighted by Crippen LogP contribution is 2.68. The first-order valence-electron chi connectivity index (χ1n) is 11.0. The number of Topliss-reactive ketones (excluding diaryl/α,β-unsaturated/α-hetero) is 1. The highest BCUT2D eigenvalue weighted by atomic mass is 32.2. The molecule has 5 nitrogen and oxygen atoms in total. The van der Waals surface area contributed by atoms with Crippen molar-refractivity contribution in [1.82, 2.24) is 4.31 Å². The van der Waals surface area contributed by atoms with Gasteiger partial charge >= 0.3 is 0 Å². The molecule has 1 saturated heterocycles. The first kappa shape index (κ1) is 20.9. The van der Waals surface area contributed by atoms with Crippen LogP contribution in [0.3, 0.4) is 0 Å². The normalized spacial score (nSPS) is 32.0. The van der Waals surface area contributed by atoms with Crippen LogP contribution in [0.5, 0.6) is 0 Å². The van der Waals surface area contributed by atoms with Crippen LogP contribution in [0.2, 0.25) is 0 Å². The minimum Gasteiger partial charge on any atom is -0.354 e. The van der Waals surface area contributed by atoms with Gasteiger partial charge in [0.2, 0.25) is 15.8 Å². The molecule has 1 aliphatic heterocycles. The van der Waals surface area contributed by atoms with E-state index in [4.69, 9.17) is 4.74 Å². The molecule has 4 atom stereocenters. The number of ketones is 1. The van der Waals surface area contributed by atoms with E-state index in [-0.39, 0.29) is 27.6 Å². The minimum absolute atomic E-state index is 0.0283. The number of aryl methyl sites for hydroxylation is 1. The molecule has 2 aromatic carbocycles. The second kappa shape index (κ2) is 6.99. The number of sulfonamides is 1. The quantitative estimate of drug-likeness (QED) is 0.662. The van der Waals surface area contributed by atoms with Gasteiger partial charge in [-0.1, -0.05) is 61.9 Å². The summed E-state index contributed by atoms with van der Waals surface area (Å²) in [5.41, 5.74) is 1.17. The summed E-state index contributed by atoms with van der Waals surface area (Å²) in [7, 11) is -3.93. The highest BCUT2D eigenvalue weighted by Gasteiger charge is 2.69. The third-order valence-corrected chi connectivity index (χ3v) is 10.2. The summed E-state index contributed by atoms with van der Waals surface area (Å²) in [6, 6.07) is 15.5. The van der Waals surface area contributed by atoms with Crippen molar-refractivity contribution in [3.8, 4) is 0 Å². The minimum atomic E-state index is -3.93. The van der Waals surface area contributed by atoms with Crippen molar-refractivity contribution < 1.29 is 17.9 Å². The topological polar surface area (TPSA) is 63.7 Å². The molecule has 2 saturated carbocycles. The van der Waals surface area contributed by atoms with E-state index in [9.17, 15) is 13.2 Å². The van der Waals surface area contributed by atoms with Gasteiger partial charge in [-0.25, -0.2) is 8.42 Å². The van der Waals surface area contributed by atoms with Gasteiger partial charge in [-0.05, 0) is 49.7 Å². The first-order chi connectivity index (χ1) is 14.7. The second-order valence-electron chi connectivity index (χ2n) is 9.91. The fourth-order valence-corrected chi connectivity index (χ4v) is 8.01. The zero-order valence-electron chi connectivity index (χ0n) is 18.2. The molecule has 164 valence electrons. The summed E-state index contributed by atoms with van der Waals surface area (Å²) in [6.45, 7) is 6.83. The van der Waals surface area contributed by atoms with Crippen LogP contribution in [0.25, 0.3) is 0 Å². The number of fused-ring (bicyclic) bond motifs is 1. The molecule has 0 unspecified atom stereocenters. The maximum atomic E-state index is 14.0. The molecule has 3 fully saturated rings. The van der Waals surface area contributed by atoms with E-state index >= 15 is 0 Å². The van der Waals surface area contributed by atoms with Gasteiger partial charge < -0.3 is 4.74 Å². The molecule has 2 aromatic rings. The van der Waals surface area contributed by atoms with E-state index in [2.05, 4.69) is 13.8 Å². The molecule has 0 radical (unpaired) electrons. The molecular formula is C25H29NO4S. The Balaban J connectivity index is 1.63. The first-order valence-corrected chi connectivity index (χ1v) is 12.4. The number of carbonyl (C=O) groups is 1. The van der Waals surface area contributed by atoms with Crippen LogP contribution < -0.4 is 0 Å². The van der Waals surface area contributed by atoms with Crippen LogP contribution in [0.15, 0.2) is 59.5 Å². The van der Waals surface area contributed by atoms with E-state index in [0.29, 0.717) is 18.1 Å². The number of hydrogen-bond donors (Lipinski definition) is 0. The van der Waals surface area contributed by atoms with Crippen LogP contribution >= 0.6 is 0 Å². The smallest absolute Gasteiger partial charge is 0.245 e. The molecular weight excluding hydrogens is 410 g/mol. The summed E-state index contributed by atoms with van der Waals surface area (Å²) < 4.78 is 35.6. The van der Waals surface area contributed by atoms with Gasteiger partial charge in [0.05, 0.1) is 11.5 Å². The number of nitrogens with zero attached hydrogens (tertiary/aromatic N) is 1. The second-order valence-corrected chi connectivity index (χ2v) is 11.7. The fraction of sp³-hybridized carbons (Fsp3) is 0.480. The average Bonchev–Trinajstić information content (AvgIpc) is 3.14. The third-order valence-electron chi connectivity index (χ3n) is 8.30. The largest absolute Gasteiger partial charge is 0.354 e. The van der Waals surface area contributed by atoms with Gasteiger partial charge in [0.25, 0.3) is 0 Å². The molecule has 3 aliphatic rings. The Kier molecular flexibility index (Phi) is 4.70. The van der Waals surface area contributed by atoms with E-state index in [1.54, 1.807) is 48.5 Å². The van der Waals surface area contributed by atoms with Crippen LogP contribution in [-0.2, 0) is 14.8 Å². The predicted molar refractivity (Wildman–Crippen MR) is 118 cm³/mol. The number of benzene rings is 2. The zero-order valence-corrected chi connectivity index (χ0v) is 19.1. The lowest BCUT2D eigenvalue weighted by molar-refractivity contribution is -0.146. The Hall–Kier alpha value is -2.02. The number of hydrogen-bond acceptors (Lipinski definition) is 4. The molecule has 0 N–H and O–H groups in total. The molecule has 31 heavy (non-hydrogen) atoms. The van der Waals surface area contributed by atoms with Crippen molar-refractivity contribution in [3.63, 3.8) is 0 Å². The molecule has 5 rings (SSSR count). The Morgan fingerprint density at radius 3 is 2.39 bits per heavy atom. The van der Waals surface area contributed by atoms with Crippen molar-refractivity contribution in [3.05, 3.63) is 65.7 Å². The number of carbonyl (C=O) groups excluding carboxylic acids is 1. The lowest BCUT2D eigenvalue weighted by Crippen LogP contribution is -2.63. The monoisotopic (exact) mass is 439 g/mol. The maximum Gasteiger partial charge on any atom is 0.245 e. The summed E-state index contributed by atoms with van der Waals surface area (Å²) in [5, 5.41) is 0. The van der Waals surface area contributed by atoms with E-state index < -0.39 is 16.3 Å². The Labute approximate surface area is 184 Å². The standard InChI is InChI=1S/C25H29NO4S/c1-17-9-11-20(12-10-17)31(28,29)26-21-15-19-13-14-25(21,24(19,2)3)16-30-23(26)22(27)18-7-5-4-6-8-18/h4-12,19,21,23H,13-16H2,1-3H3/t19-,21-,23+,25-/m1/s1. The van der Waals surface area contributed by atoms with Crippen molar-refractivity contribution >= 4 is 15.8 Å². The van der Waals surface area contributed by atoms with Gasteiger partial charge in [0.1, 0.15) is 0 Å². The summed E-state index contributed by atoms with van der Waals surface area (Å²) in [6.07, 6.45) is 1.66. The lowest BCUT2D eigenvalue weighted by atomic mass is 9.67. The van der Waals surface area contributed by atoms with Crippen LogP contribution in [0.1, 0.15) is 49.0 Å². The van der Waals surface area contributed by atoms with Gasteiger partial charge in [0, 0.05) is 17.0 Å². The molecule has 2 bridgehead atoms. The molecule has 1 spiro atoms. The van der Waals surface area contributed by atoms with E-state index in [1.165, 1.54) is 4.31 Å². The third kappa shape index (κ3) is 2.88. The summed E-state index contributed by atoms with van der Waals surface area (Å²) in [5.74, 6) is 0.133. The Bertz CT molecular complexity index is 1110. The lowest BCUT2D eigenvalue weighted by Gasteiger charge is -2.52. The number of rotatable bonds is 4. The van der Waals surface area contributed by atoms with E-state index in [1.807, 2.05) is 13.0 Å². The van der Waals surface area contributed by atoms with Gasteiger partial charge in [-0.15, -0.1) is 0 Å². The predicted octanol–water partition coefficient (Wildman–Crippen LogP) is 4.42. The maximum absolute atomic E-state index is 14.0. The van der Waals surface area contributed by atoms with E-state index in [0.717, 1.165) is 24.8 Å². The number of ether oxygens (including phenoxy) is 1. The summed E-state index contributed by atoms with van der Waals surface area (Å²) >= 11 is 0. The fourth-order valence-electron chi connectivity index (χ4n) is 6.25. The zero-order chi connectivity index (χ0) is 22.0. The van der Waals surface area contributed by atoms with Gasteiger partial charge in [-0.3, -0.25) is 4.79 Å². The van der Waals surface area contributed by atoms with Crippen LogP contribution in [0, 0.1) is 23.7 Å². The summed E-state index contributed by atoms with van der Waals surface area (Å²) in [4.78, 5) is 13.7.